The zero-order chi connectivity index (χ0) is 36.0. The monoisotopic (exact) mass is 688 g/mol. The Kier molecular flexibility index (Phi) is 15.4. The number of benzene rings is 1. The van der Waals surface area contributed by atoms with Crippen LogP contribution in [0, 0.1) is 11.3 Å². The second-order valence-electron chi connectivity index (χ2n) is 11.4. The quantitative estimate of drug-likeness (QED) is 0.0350. The SMILES string of the molecule is CC(=O)N[C@@H](CCC(N)=O)C(=O)N[C@@H](CCC(N)=O)C(=O)N[C@H](C(=O)NC(CCCNC(=N)N)C(=O)c1nc2ccccc2s1)C(C)C. The summed E-state index contributed by atoms with van der Waals surface area (Å²) in [6.07, 6.45) is -0.388. The predicted molar refractivity (Wildman–Crippen MR) is 178 cm³/mol. The highest BCUT2D eigenvalue weighted by Crippen LogP contribution is 2.23. The van der Waals surface area contributed by atoms with Crippen molar-refractivity contribution in [1.82, 2.24) is 31.6 Å². The van der Waals surface area contributed by atoms with Gasteiger partial charge in [-0.15, -0.1) is 11.3 Å². The second-order valence-corrected chi connectivity index (χ2v) is 12.5. The molecule has 262 valence electrons. The Morgan fingerprint density at radius 3 is 1.90 bits per heavy atom. The molecule has 48 heavy (non-hydrogen) atoms. The molecule has 17 nitrogen and oxygen atoms in total. The number of amides is 6. The number of hydrogen-bond acceptors (Lipinski definition) is 10. The van der Waals surface area contributed by atoms with Crippen LogP contribution in [0.2, 0.25) is 0 Å². The molecule has 6 amide bonds. The van der Waals surface area contributed by atoms with Gasteiger partial charge in [-0.1, -0.05) is 26.0 Å². The van der Waals surface area contributed by atoms with Crippen LogP contribution in [0.15, 0.2) is 24.3 Å². The average molecular weight is 689 g/mol. The Morgan fingerprint density at radius 1 is 0.792 bits per heavy atom. The number of nitrogens with one attached hydrogen (secondary N) is 6. The fourth-order valence-corrected chi connectivity index (χ4v) is 5.56. The molecule has 1 aromatic carbocycles. The number of thiazole rings is 1. The molecule has 0 saturated carbocycles. The highest BCUT2D eigenvalue weighted by molar-refractivity contribution is 7.20. The van der Waals surface area contributed by atoms with E-state index in [4.69, 9.17) is 22.6 Å². The smallest absolute Gasteiger partial charge is 0.243 e. The summed E-state index contributed by atoms with van der Waals surface area (Å²) in [4.78, 5) is 92.8. The normalized spacial score (nSPS) is 13.4. The van der Waals surface area contributed by atoms with Crippen LogP contribution in [0.5, 0.6) is 0 Å². The van der Waals surface area contributed by atoms with Crippen LogP contribution in [0.4, 0.5) is 0 Å². The van der Waals surface area contributed by atoms with E-state index >= 15 is 0 Å². The van der Waals surface area contributed by atoms with Crippen molar-refractivity contribution >= 4 is 68.7 Å². The fraction of sp³-hybridized carbons (Fsp3) is 0.500. The van der Waals surface area contributed by atoms with E-state index in [0.29, 0.717) is 11.9 Å². The summed E-state index contributed by atoms with van der Waals surface area (Å²) in [5.74, 6) is -5.53. The minimum atomic E-state index is -1.36. The summed E-state index contributed by atoms with van der Waals surface area (Å²) in [6.45, 7) is 4.76. The highest BCUT2D eigenvalue weighted by Gasteiger charge is 2.33. The standard InChI is InChI=1S/C30H44N10O7S/c1-15(2)24(40-27(46)20(11-13-23(32)43)38-26(45)19(36-16(3)41)10-12-22(31)42)28(47)37-18(8-6-14-35-30(33)34)25(44)29-39-17-7-4-5-9-21(17)48-29/h4-5,7,9,15,18-20,24H,6,8,10-14H2,1-3H3,(H2,31,42)(H2,32,43)(H,36,41)(H,37,47)(H,38,45)(H,40,46)(H4,33,34,35)/t18?,19-,20-,24-/m0/s1. The third-order valence-electron chi connectivity index (χ3n) is 7.06. The number of guanidine groups is 1. The van der Waals surface area contributed by atoms with Crippen LogP contribution in [0.3, 0.4) is 0 Å². The molecular weight excluding hydrogens is 644 g/mol. The minimum absolute atomic E-state index is 0.145. The van der Waals surface area contributed by atoms with Crippen LogP contribution < -0.4 is 43.8 Å². The molecule has 0 fully saturated rings. The molecule has 0 aliphatic heterocycles. The Bertz CT molecular complexity index is 1480. The van der Waals surface area contributed by atoms with Crippen molar-refractivity contribution in [2.45, 2.75) is 83.5 Å². The van der Waals surface area contributed by atoms with E-state index in [9.17, 15) is 33.6 Å². The van der Waals surface area contributed by atoms with E-state index in [0.717, 1.165) is 4.70 Å². The Hall–Kier alpha value is -5.13. The molecule has 4 atom stereocenters. The van der Waals surface area contributed by atoms with E-state index < -0.39 is 71.3 Å². The number of primary amides is 2. The number of carbonyl (C=O) groups excluding carboxylic acids is 7. The van der Waals surface area contributed by atoms with Crippen LogP contribution in [0.25, 0.3) is 10.2 Å². The van der Waals surface area contributed by atoms with Crippen LogP contribution in [-0.4, -0.2) is 82.9 Å². The number of hydrogen-bond donors (Lipinski definition) is 9. The van der Waals surface area contributed by atoms with Gasteiger partial charge in [-0.25, -0.2) is 4.98 Å². The number of nitrogens with two attached hydrogens (primary N) is 3. The number of para-hydroxylation sites is 1. The Morgan fingerprint density at radius 2 is 1.35 bits per heavy atom. The molecule has 2 aromatic rings. The van der Waals surface area contributed by atoms with Gasteiger partial charge in [0.05, 0.1) is 16.3 Å². The van der Waals surface area contributed by atoms with Gasteiger partial charge in [-0.2, -0.15) is 0 Å². The van der Waals surface area contributed by atoms with Crippen LogP contribution in [-0.2, 0) is 28.8 Å². The first kappa shape index (κ1) is 39.1. The number of aromatic nitrogens is 1. The highest BCUT2D eigenvalue weighted by atomic mass is 32.1. The molecule has 0 radical (unpaired) electrons. The number of nitrogens with zero attached hydrogens (tertiary/aromatic N) is 1. The van der Waals surface area contributed by atoms with Crippen molar-refractivity contribution in [2.75, 3.05) is 6.54 Å². The molecule has 0 bridgehead atoms. The minimum Gasteiger partial charge on any atom is -0.370 e. The lowest BCUT2D eigenvalue weighted by Crippen LogP contribution is -2.59. The molecular formula is C30H44N10O7S. The van der Waals surface area contributed by atoms with Crippen molar-refractivity contribution in [3.63, 3.8) is 0 Å². The Labute approximate surface area is 281 Å². The molecule has 0 spiro atoms. The van der Waals surface area contributed by atoms with Gasteiger partial charge in [0.15, 0.2) is 11.0 Å². The summed E-state index contributed by atoms with van der Waals surface area (Å²) in [6, 6.07) is 2.39. The van der Waals surface area contributed by atoms with Crippen molar-refractivity contribution in [3.05, 3.63) is 29.3 Å². The number of rotatable bonds is 20. The largest absolute Gasteiger partial charge is 0.370 e. The molecule has 0 aliphatic rings. The maximum absolute atomic E-state index is 13.7. The van der Waals surface area contributed by atoms with Gasteiger partial charge in [-0.05, 0) is 43.7 Å². The van der Waals surface area contributed by atoms with E-state index in [1.54, 1.807) is 26.0 Å². The van der Waals surface area contributed by atoms with Crippen molar-refractivity contribution in [3.8, 4) is 0 Å². The fourth-order valence-electron chi connectivity index (χ4n) is 4.60. The third-order valence-corrected chi connectivity index (χ3v) is 8.11. The summed E-state index contributed by atoms with van der Waals surface area (Å²) >= 11 is 1.18. The second kappa shape index (κ2) is 18.9. The van der Waals surface area contributed by atoms with Gasteiger partial charge < -0.3 is 43.8 Å². The van der Waals surface area contributed by atoms with E-state index in [2.05, 4.69) is 31.6 Å². The van der Waals surface area contributed by atoms with Gasteiger partial charge in [0.2, 0.25) is 41.2 Å². The molecule has 0 aliphatic carbocycles. The topological polar surface area (TPSA) is 294 Å². The lowest BCUT2D eigenvalue weighted by atomic mass is 10.00. The molecule has 1 aromatic heterocycles. The first-order chi connectivity index (χ1) is 22.6. The van der Waals surface area contributed by atoms with Gasteiger partial charge in [0.1, 0.15) is 18.1 Å². The third kappa shape index (κ3) is 12.9. The number of carbonyl (C=O) groups is 7. The van der Waals surface area contributed by atoms with Gasteiger partial charge >= 0.3 is 0 Å². The number of ketones is 1. The van der Waals surface area contributed by atoms with Crippen LogP contribution in [0.1, 0.15) is 69.1 Å². The molecule has 1 heterocycles. The first-order valence-electron chi connectivity index (χ1n) is 15.3. The van der Waals surface area contributed by atoms with Crippen LogP contribution >= 0.6 is 11.3 Å². The van der Waals surface area contributed by atoms with Gasteiger partial charge in [0.25, 0.3) is 0 Å². The van der Waals surface area contributed by atoms with E-state index in [1.165, 1.54) is 18.3 Å². The number of Topliss-reactive ketones (excluding diaryl/α,β-unsaturated/α-hetero) is 1. The maximum atomic E-state index is 13.7. The van der Waals surface area contributed by atoms with Crippen molar-refractivity contribution in [1.29, 1.82) is 5.41 Å². The molecule has 2 rings (SSSR count). The van der Waals surface area contributed by atoms with Crippen molar-refractivity contribution in [2.24, 2.45) is 23.1 Å². The summed E-state index contributed by atoms with van der Waals surface area (Å²) in [5, 5.41) is 20.4. The molecule has 1 unspecified atom stereocenters. The molecule has 18 heteroatoms. The first-order valence-corrected chi connectivity index (χ1v) is 16.1. The summed E-state index contributed by atoms with van der Waals surface area (Å²) in [5.41, 5.74) is 16.5. The van der Waals surface area contributed by atoms with E-state index in [1.807, 2.05) is 12.1 Å². The lowest BCUT2D eigenvalue weighted by molar-refractivity contribution is -0.134. The lowest BCUT2D eigenvalue weighted by Gasteiger charge is -2.28. The zero-order valence-corrected chi connectivity index (χ0v) is 27.9. The van der Waals surface area contributed by atoms with Crippen molar-refractivity contribution < 1.29 is 33.6 Å². The van der Waals surface area contributed by atoms with E-state index in [-0.39, 0.29) is 49.6 Å². The predicted octanol–water partition coefficient (Wildman–Crippen LogP) is -1.11. The zero-order valence-electron chi connectivity index (χ0n) is 27.1. The number of fused-ring (bicyclic) bond motifs is 1. The van der Waals surface area contributed by atoms with Gasteiger partial charge in [-0.3, -0.25) is 39.0 Å². The average Bonchev–Trinajstić information content (AvgIpc) is 3.44. The molecule has 12 N–H and O–H groups in total. The summed E-state index contributed by atoms with van der Waals surface area (Å²) < 4.78 is 0.788. The molecule has 0 saturated heterocycles. The van der Waals surface area contributed by atoms with Gasteiger partial charge in [0, 0.05) is 26.3 Å². The maximum Gasteiger partial charge on any atom is 0.243 e. The summed E-state index contributed by atoms with van der Waals surface area (Å²) in [7, 11) is 0. The Balaban J connectivity index is 2.28.